The number of piperazine rings is 1. The van der Waals surface area contributed by atoms with Gasteiger partial charge in [-0.3, -0.25) is 9.59 Å². The van der Waals surface area contributed by atoms with Crippen LogP contribution in [0.25, 0.3) is 0 Å². The van der Waals surface area contributed by atoms with Gasteiger partial charge in [0.1, 0.15) is 5.75 Å². The quantitative estimate of drug-likeness (QED) is 0.724. The fourth-order valence-electron chi connectivity index (χ4n) is 3.56. The molecule has 1 aliphatic carbocycles. The number of fused-ring (bicyclic) bond motifs is 1. The molecule has 1 heterocycles. The molecule has 1 aromatic carbocycles. The minimum absolute atomic E-state index is 0.00489. The molecule has 0 N–H and O–H groups in total. The molecule has 0 bridgehead atoms. The Morgan fingerprint density at radius 2 is 1.70 bits per heavy atom. The molecule has 146 valence electrons. The number of carbonyl (C=O) groups excluding carboxylic acids is 3. The van der Waals surface area contributed by atoms with Gasteiger partial charge in [0.15, 0.2) is 12.7 Å². The SMILES string of the molecule is CC(=O)N1CCN(C(=O)C(C)OC(=O)COc2ccc3c(c2)CCC3)CC1. The van der Waals surface area contributed by atoms with Gasteiger partial charge in [-0.25, -0.2) is 4.79 Å². The van der Waals surface area contributed by atoms with Crippen LogP contribution >= 0.6 is 0 Å². The largest absolute Gasteiger partial charge is 0.482 e. The highest BCUT2D eigenvalue weighted by Crippen LogP contribution is 2.26. The average Bonchev–Trinajstić information content (AvgIpc) is 3.13. The van der Waals surface area contributed by atoms with E-state index in [0.717, 1.165) is 19.3 Å². The smallest absolute Gasteiger partial charge is 0.344 e. The molecule has 3 rings (SSSR count). The molecule has 7 heteroatoms. The second kappa shape index (κ2) is 8.41. The summed E-state index contributed by atoms with van der Waals surface area (Å²) in [6, 6.07) is 5.87. The summed E-state index contributed by atoms with van der Waals surface area (Å²) in [4.78, 5) is 39.1. The van der Waals surface area contributed by atoms with Gasteiger partial charge in [-0.2, -0.15) is 0 Å². The minimum Gasteiger partial charge on any atom is -0.482 e. The maximum absolute atomic E-state index is 12.4. The maximum atomic E-state index is 12.4. The zero-order valence-corrected chi connectivity index (χ0v) is 15.9. The topological polar surface area (TPSA) is 76.2 Å². The molecule has 1 fully saturated rings. The Bertz CT molecular complexity index is 725. The van der Waals surface area contributed by atoms with Crippen LogP contribution in [-0.4, -0.2) is 66.5 Å². The van der Waals surface area contributed by atoms with Crippen molar-refractivity contribution in [3.05, 3.63) is 29.3 Å². The summed E-state index contributed by atoms with van der Waals surface area (Å²) in [6.07, 6.45) is 2.42. The summed E-state index contributed by atoms with van der Waals surface area (Å²) in [7, 11) is 0. The van der Waals surface area contributed by atoms with Crippen LogP contribution in [-0.2, 0) is 32.0 Å². The van der Waals surface area contributed by atoms with Crippen molar-refractivity contribution in [2.45, 2.75) is 39.2 Å². The summed E-state index contributed by atoms with van der Waals surface area (Å²) in [5, 5.41) is 0. The number of benzene rings is 1. The van der Waals surface area contributed by atoms with Crippen LogP contribution in [0.3, 0.4) is 0 Å². The third-order valence-corrected chi connectivity index (χ3v) is 5.12. The van der Waals surface area contributed by atoms with Crippen LogP contribution in [0.2, 0.25) is 0 Å². The molecule has 1 aromatic rings. The molecule has 0 spiro atoms. The van der Waals surface area contributed by atoms with Gasteiger partial charge in [0.2, 0.25) is 5.91 Å². The summed E-state index contributed by atoms with van der Waals surface area (Å²) < 4.78 is 10.7. The second-order valence-corrected chi connectivity index (χ2v) is 7.04. The molecule has 7 nitrogen and oxygen atoms in total. The highest BCUT2D eigenvalue weighted by Gasteiger charge is 2.28. The van der Waals surface area contributed by atoms with Crippen molar-refractivity contribution in [1.29, 1.82) is 0 Å². The summed E-state index contributed by atoms with van der Waals surface area (Å²) in [5.41, 5.74) is 2.61. The molecule has 2 amide bonds. The highest BCUT2D eigenvalue weighted by molar-refractivity contribution is 5.84. The van der Waals surface area contributed by atoms with Gasteiger partial charge in [-0.05, 0) is 49.4 Å². The van der Waals surface area contributed by atoms with Crippen LogP contribution in [0.15, 0.2) is 18.2 Å². The standard InChI is InChI=1S/C20H26N2O5/c1-14(20(25)22-10-8-21(9-11-22)15(2)23)27-19(24)13-26-18-7-6-16-4-3-5-17(16)12-18/h6-7,12,14H,3-5,8-11,13H2,1-2H3. The van der Waals surface area contributed by atoms with Gasteiger partial charge >= 0.3 is 5.97 Å². The second-order valence-electron chi connectivity index (χ2n) is 7.04. The normalized spacial score (nSPS) is 17.3. The lowest BCUT2D eigenvalue weighted by Gasteiger charge is -2.35. The molecule has 1 unspecified atom stereocenters. The van der Waals surface area contributed by atoms with Gasteiger partial charge in [0.25, 0.3) is 5.91 Å². The van der Waals surface area contributed by atoms with E-state index >= 15 is 0 Å². The number of nitrogens with zero attached hydrogens (tertiary/aromatic N) is 2. The summed E-state index contributed by atoms with van der Waals surface area (Å²) in [5.74, 6) is -0.167. The fourth-order valence-corrected chi connectivity index (χ4v) is 3.56. The van der Waals surface area contributed by atoms with E-state index in [1.54, 1.807) is 16.7 Å². The number of esters is 1. The van der Waals surface area contributed by atoms with Crippen molar-refractivity contribution in [3.63, 3.8) is 0 Å². The third kappa shape index (κ3) is 4.78. The average molecular weight is 374 g/mol. The molecular formula is C20H26N2O5. The molecular weight excluding hydrogens is 348 g/mol. The van der Waals surface area contributed by atoms with Crippen LogP contribution in [0.1, 0.15) is 31.4 Å². The van der Waals surface area contributed by atoms with Crippen molar-refractivity contribution in [3.8, 4) is 5.75 Å². The van der Waals surface area contributed by atoms with Gasteiger partial charge in [-0.1, -0.05) is 6.07 Å². The van der Waals surface area contributed by atoms with Crippen molar-refractivity contribution in [2.75, 3.05) is 32.8 Å². The monoisotopic (exact) mass is 374 g/mol. The Kier molecular flexibility index (Phi) is 5.98. The Balaban J connectivity index is 1.43. The predicted molar refractivity (Wildman–Crippen MR) is 98.4 cm³/mol. The van der Waals surface area contributed by atoms with E-state index in [1.165, 1.54) is 18.1 Å². The number of ether oxygens (including phenoxy) is 2. The molecule has 0 saturated carbocycles. The zero-order chi connectivity index (χ0) is 19.4. The van der Waals surface area contributed by atoms with Crippen molar-refractivity contribution in [2.24, 2.45) is 0 Å². The number of hydrogen-bond acceptors (Lipinski definition) is 5. The lowest BCUT2D eigenvalue weighted by Crippen LogP contribution is -2.52. The number of aryl methyl sites for hydroxylation is 2. The van der Waals surface area contributed by atoms with E-state index in [-0.39, 0.29) is 18.4 Å². The Labute approximate surface area is 159 Å². The zero-order valence-electron chi connectivity index (χ0n) is 15.9. The number of rotatable bonds is 5. The first-order valence-corrected chi connectivity index (χ1v) is 9.42. The first-order chi connectivity index (χ1) is 12.9. The predicted octanol–water partition coefficient (Wildman–Crippen LogP) is 1.18. The molecule has 1 aliphatic heterocycles. The molecule has 1 atom stereocenters. The van der Waals surface area contributed by atoms with Gasteiger partial charge in [-0.15, -0.1) is 0 Å². The van der Waals surface area contributed by atoms with Crippen molar-refractivity contribution in [1.82, 2.24) is 9.80 Å². The van der Waals surface area contributed by atoms with E-state index < -0.39 is 12.1 Å². The van der Waals surface area contributed by atoms with E-state index in [4.69, 9.17) is 9.47 Å². The van der Waals surface area contributed by atoms with Crippen LogP contribution in [0.5, 0.6) is 5.75 Å². The van der Waals surface area contributed by atoms with Gasteiger partial charge in [0, 0.05) is 33.1 Å². The lowest BCUT2D eigenvalue weighted by molar-refractivity contribution is -0.161. The molecule has 27 heavy (non-hydrogen) atoms. The molecule has 1 saturated heterocycles. The van der Waals surface area contributed by atoms with E-state index in [0.29, 0.717) is 31.9 Å². The Morgan fingerprint density at radius 1 is 1.04 bits per heavy atom. The van der Waals surface area contributed by atoms with Gasteiger partial charge < -0.3 is 19.3 Å². The first-order valence-electron chi connectivity index (χ1n) is 9.42. The highest BCUT2D eigenvalue weighted by atomic mass is 16.6. The molecule has 2 aliphatic rings. The Hall–Kier alpha value is -2.57. The van der Waals surface area contributed by atoms with Crippen LogP contribution in [0.4, 0.5) is 0 Å². The fraction of sp³-hybridized carbons (Fsp3) is 0.550. The number of amides is 2. The van der Waals surface area contributed by atoms with E-state index in [2.05, 4.69) is 0 Å². The molecule has 0 radical (unpaired) electrons. The van der Waals surface area contributed by atoms with Crippen molar-refractivity contribution >= 4 is 17.8 Å². The summed E-state index contributed by atoms with van der Waals surface area (Å²) >= 11 is 0. The van der Waals surface area contributed by atoms with Crippen molar-refractivity contribution < 1.29 is 23.9 Å². The maximum Gasteiger partial charge on any atom is 0.344 e. The van der Waals surface area contributed by atoms with E-state index in [9.17, 15) is 14.4 Å². The van der Waals surface area contributed by atoms with E-state index in [1.807, 2.05) is 18.2 Å². The number of carbonyl (C=O) groups is 3. The Morgan fingerprint density at radius 3 is 2.41 bits per heavy atom. The summed E-state index contributed by atoms with van der Waals surface area (Å²) in [6.45, 7) is 4.76. The van der Waals surface area contributed by atoms with Crippen LogP contribution < -0.4 is 4.74 Å². The number of hydrogen-bond donors (Lipinski definition) is 0. The first kappa shape index (κ1) is 19.2. The lowest BCUT2D eigenvalue weighted by atomic mass is 10.1. The van der Waals surface area contributed by atoms with Gasteiger partial charge in [0.05, 0.1) is 0 Å². The van der Waals surface area contributed by atoms with Crippen LogP contribution in [0, 0.1) is 0 Å². The third-order valence-electron chi connectivity index (χ3n) is 5.12. The molecule has 0 aromatic heterocycles. The minimum atomic E-state index is -0.870.